The van der Waals surface area contributed by atoms with Gasteiger partial charge >= 0.3 is 5.69 Å². The zero-order valence-corrected chi connectivity index (χ0v) is 17.3. The Bertz CT molecular complexity index is 1110. The van der Waals surface area contributed by atoms with Gasteiger partial charge in [-0.05, 0) is 56.4 Å². The number of halogens is 1. The average molecular weight is 414 g/mol. The number of ether oxygens (including phenoxy) is 1. The number of rotatable bonds is 4. The molecule has 0 radical (unpaired) electrons. The van der Waals surface area contributed by atoms with Crippen molar-refractivity contribution in [3.05, 3.63) is 57.5 Å². The summed E-state index contributed by atoms with van der Waals surface area (Å²) in [5, 5.41) is 3.54. The molecule has 152 valence electrons. The predicted molar refractivity (Wildman–Crippen MR) is 115 cm³/mol. The molecule has 1 fully saturated rings. The molecule has 1 heterocycles. The summed E-state index contributed by atoms with van der Waals surface area (Å²) in [4.78, 5) is 28.1. The van der Waals surface area contributed by atoms with Gasteiger partial charge in [-0.1, -0.05) is 23.7 Å². The number of benzene rings is 2. The van der Waals surface area contributed by atoms with Gasteiger partial charge in [-0.3, -0.25) is 9.36 Å². The minimum absolute atomic E-state index is 0.0173. The first kappa shape index (κ1) is 19.6. The van der Waals surface area contributed by atoms with Crippen LogP contribution in [-0.4, -0.2) is 22.6 Å². The fourth-order valence-electron chi connectivity index (χ4n) is 4.21. The smallest absolute Gasteiger partial charge is 0.326 e. The van der Waals surface area contributed by atoms with Crippen LogP contribution in [0, 0.1) is 12.8 Å². The van der Waals surface area contributed by atoms with Gasteiger partial charge in [0.15, 0.2) is 0 Å². The minimum Gasteiger partial charge on any atom is -0.496 e. The highest BCUT2D eigenvalue weighted by atomic mass is 35.5. The number of para-hydroxylation sites is 1. The Balaban J connectivity index is 1.45. The lowest BCUT2D eigenvalue weighted by Crippen LogP contribution is -2.31. The lowest BCUT2D eigenvalue weighted by atomic mass is 9.85. The van der Waals surface area contributed by atoms with Crippen molar-refractivity contribution in [1.82, 2.24) is 9.55 Å². The van der Waals surface area contributed by atoms with Gasteiger partial charge in [-0.15, -0.1) is 0 Å². The summed E-state index contributed by atoms with van der Waals surface area (Å²) in [6.45, 7) is 1.96. The van der Waals surface area contributed by atoms with Crippen molar-refractivity contribution in [2.24, 2.45) is 5.92 Å². The van der Waals surface area contributed by atoms with Gasteiger partial charge in [-0.25, -0.2) is 4.79 Å². The van der Waals surface area contributed by atoms with Gasteiger partial charge in [0.25, 0.3) is 0 Å². The van der Waals surface area contributed by atoms with Gasteiger partial charge in [-0.2, -0.15) is 0 Å². The van der Waals surface area contributed by atoms with Crippen molar-refractivity contribution in [2.75, 3.05) is 12.4 Å². The predicted octanol–water partition coefficient (Wildman–Crippen LogP) is 4.67. The molecule has 1 aliphatic rings. The van der Waals surface area contributed by atoms with Crippen LogP contribution in [0.3, 0.4) is 0 Å². The summed E-state index contributed by atoms with van der Waals surface area (Å²) >= 11 is 6.21. The molecule has 2 aromatic carbocycles. The van der Waals surface area contributed by atoms with Crippen LogP contribution in [-0.2, 0) is 4.79 Å². The lowest BCUT2D eigenvalue weighted by molar-refractivity contribution is -0.121. The van der Waals surface area contributed by atoms with Crippen molar-refractivity contribution < 1.29 is 9.53 Å². The normalized spacial score (nSPS) is 19.3. The molecule has 29 heavy (non-hydrogen) atoms. The van der Waals surface area contributed by atoms with E-state index in [9.17, 15) is 9.59 Å². The number of nitrogens with one attached hydrogen (secondary N) is 2. The molecule has 0 saturated heterocycles. The molecule has 1 aliphatic carbocycles. The van der Waals surface area contributed by atoms with E-state index in [1.807, 2.05) is 37.3 Å². The van der Waals surface area contributed by atoms with Gasteiger partial charge in [0.05, 0.1) is 23.2 Å². The van der Waals surface area contributed by atoms with Crippen molar-refractivity contribution in [1.29, 1.82) is 0 Å². The number of anilines is 1. The van der Waals surface area contributed by atoms with E-state index in [4.69, 9.17) is 16.3 Å². The molecular formula is C22H24ClN3O3. The number of aryl methyl sites for hydroxylation is 1. The first-order valence-electron chi connectivity index (χ1n) is 9.82. The van der Waals surface area contributed by atoms with E-state index in [2.05, 4.69) is 10.3 Å². The molecule has 2 N–H and O–H groups in total. The second kappa shape index (κ2) is 7.95. The van der Waals surface area contributed by atoms with Crippen LogP contribution >= 0.6 is 11.6 Å². The fraction of sp³-hybridized carbons (Fsp3) is 0.364. The van der Waals surface area contributed by atoms with E-state index in [0.717, 1.165) is 48.2 Å². The number of imidazole rings is 1. The molecule has 4 rings (SSSR count). The third-order valence-electron chi connectivity index (χ3n) is 5.81. The Morgan fingerprint density at radius 2 is 1.97 bits per heavy atom. The number of carbonyl (C=O) groups is 1. The van der Waals surface area contributed by atoms with Gasteiger partial charge in [0.1, 0.15) is 5.75 Å². The van der Waals surface area contributed by atoms with E-state index < -0.39 is 0 Å². The SMILES string of the molecule is COc1cc(NC(=O)[C@H]2CC[C@@H](n3c(=O)[nH]c4c(Cl)cccc43)CC2)ccc1C. The maximum absolute atomic E-state index is 12.7. The first-order chi connectivity index (χ1) is 14.0. The number of hydrogen-bond donors (Lipinski definition) is 2. The van der Waals surface area contributed by atoms with Gasteiger partial charge in [0, 0.05) is 23.7 Å². The molecule has 1 aromatic heterocycles. The number of carbonyl (C=O) groups excluding carboxylic acids is 1. The fourth-order valence-corrected chi connectivity index (χ4v) is 4.43. The highest BCUT2D eigenvalue weighted by molar-refractivity contribution is 6.34. The van der Waals surface area contributed by atoms with Crippen LogP contribution in [0.1, 0.15) is 37.3 Å². The number of methoxy groups -OCH3 is 1. The molecule has 7 heteroatoms. The Kier molecular flexibility index (Phi) is 5.37. The summed E-state index contributed by atoms with van der Waals surface area (Å²) in [5.41, 5.74) is 3.11. The summed E-state index contributed by atoms with van der Waals surface area (Å²) in [6, 6.07) is 11.3. The molecule has 6 nitrogen and oxygen atoms in total. The van der Waals surface area contributed by atoms with Gasteiger partial charge in [0.2, 0.25) is 5.91 Å². The average Bonchev–Trinajstić information content (AvgIpc) is 3.07. The van der Waals surface area contributed by atoms with E-state index in [-0.39, 0.29) is 23.6 Å². The second-order valence-corrected chi connectivity index (χ2v) is 8.02. The summed E-state index contributed by atoms with van der Waals surface area (Å²) < 4.78 is 7.12. The molecule has 1 saturated carbocycles. The van der Waals surface area contributed by atoms with Crippen LogP contribution in [0.2, 0.25) is 5.02 Å². The molecule has 0 spiro atoms. The summed E-state index contributed by atoms with van der Waals surface area (Å²) in [5.74, 6) is 0.704. The first-order valence-corrected chi connectivity index (χ1v) is 10.2. The number of fused-ring (bicyclic) bond motifs is 1. The molecular weight excluding hydrogens is 390 g/mol. The Morgan fingerprint density at radius 1 is 1.21 bits per heavy atom. The zero-order chi connectivity index (χ0) is 20.5. The molecule has 0 bridgehead atoms. The Labute approximate surface area is 173 Å². The minimum atomic E-state index is -0.146. The Morgan fingerprint density at radius 3 is 2.69 bits per heavy atom. The summed E-state index contributed by atoms with van der Waals surface area (Å²) in [7, 11) is 1.62. The van der Waals surface area contributed by atoms with E-state index in [1.165, 1.54) is 0 Å². The highest BCUT2D eigenvalue weighted by Crippen LogP contribution is 2.34. The highest BCUT2D eigenvalue weighted by Gasteiger charge is 2.29. The zero-order valence-electron chi connectivity index (χ0n) is 16.5. The van der Waals surface area contributed by atoms with E-state index in [0.29, 0.717) is 10.5 Å². The van der Waals surface area contributed by atoms with Crippen LogP contribution in [0.15, 0.2) is 41.2 Å². The monoisotopic (exact) mass is 413 g/mol. The van der Waals surface area contributed by atoms with Crippen LogP contribution < -0.4 is 15.7 Å². The van der Waals surface area contributed by atoms with Crippen molar-refractivity contribution in [3.8, 4) is 5.75 Å². The van der Waals surface area contributed by atoms with Crippen molar-refractivity contribution in [2.45, 2.75) is 38.6 Å². The molecule has 3 aromatic rings. The number of amides is 1. The molecule has 1 amide bonds. The quantitative estimate of drug-likeness (QED) is 0.652. The largest absolute Gasteiger partial charge is 0.496 e. The molecule has 0 atom stereocenters. The van der Waals surface area contributed by atoms with E-state index in [1.54, 1.807) is 17.7 Å². The van der Waals surface area contributed by atoms with Crippen molar-refractivity contribution >= 4 is 34.2 Å². The topological polar surface area (TPSA) is 76.1 Å². The standard InChI is InChI=1S/C22H24ClN3O3/c1-13-6-9-15(12-19(13)29-2)24-21(27)14-7-10-16(11-8-14)26-18-5-3-4-17(23)20(18)25-22(26)28/h3-6,9,12,14,16H,7-8,10-11H2,1-2H3,(H,24,27)(H,25,28)/t14-,16+. The number of hydrogen-bond acceptors (Lipinski definition) is 3. The number of H-pyrrole nitrogens is 1. The van der Waals surface area contributed by atoms with Crippen LogP contribution in [0.25, 0.3) is 11.0 Å². The second-order valence-electron chi connectivity index (χ2n) is 7.61. The third-order valence-corrected chi connectivity index (χ3v) is 6.13. The lowest BCUT2D eigenvalue weighted by Gasteiger charge is -2.28. The van der Waals surface area contributed by atoms with Crippen molar-refractivity contribution in [3.63, 3.8) is 0 Å². The third kappa shape index (κ3) is 3.77. The van der Waals surface area contributed by atoms with E-state index >= 15 is 0 Å². The van der Waals surface area contributed by atoms with Crippen LogP contribution in [0.5, 0.6) is 5.75 Å². The summed E-state index contributed by atoms with van der Waals surface area (Å²) in [6.07, 6.45) is 3.02. The maximum Gasteiger partial charge on any atom is 0.326 e. The van der Waals surface area contributed by atoms with Crippen LogP contribution in [0.4, 0.5) is 5.69 Å². The van der Waals surface area contributed by atoms with Gasteiger partial charge < -0.3 is 15.0 Å². The Hall–Kier alpha value is -2.73. The molecule has 0 unspecified atom stereocenters. The number of aromatic amines is 1. The number of nitrogens with zero attached hydrogens (tertiary/aromatic N) is 1. The maximum atomic E-state index is 12.7. The molecule has 0 aliphatic heterocycles. The number of aromatic nitrogens is 2.